The fraction of sp³-hybridized carbons (Fsp3) is 0.500. The van der Waals surface area contributed by atoms with E-state index in [1.807, 2.05) is 13.0 Å². The van der Waals surface area contributed by atoms with E-state index < -0.39 is 0 Å². The van der Waals surface area contributed by atoms with Gasteiger partial charge in [0, 0.05) is 43.3 Å². The standard InChI is InChI=1S/C18H24N2O3/c1-4-19-16-10-17-14(9-12(16)2)13(3)15(18(21)23-17)11-20-5-7-22-8-6-20/h9-10,19H,4-8,11H2,1-3H3. The number of hydrogen-bond donors (Lipinski definition) is 1. The minimum Gasteiger partial charge on any atom is -0.422 e. The topological polar surface area (TPSA) is 54.7 Å². The summed E-state index contributed by atoms with van der Waals surface area (Å²) < 4.78 is 11.0. The van der Waals surface area contributed by atoms with Crippen LogP contribution in [-0.4, -0.2) is 37.7 Å². The molecular formula is C18H24N2O3. The van der Waals surface area contributed by atoms with Gasteiger partial charge in [-0.2, -0.15) is 0 Å². The lowest BCUT2D eigenvalue weighted by Gasteiger charge is -2.26. The summed E-state index contributed by atoms with van der Waals surface area (Å²) in [5.74, 6) is 0. The molecule has 1 fully saturated rings. The summed E-state index contributed by atoms with van der Waals surface area (Å²) in [7, 11) is 0. The van der Waals surface area contributed by atoms with Crippen molar-refractivity contribution in [3.8, 4) is 0 Å². The van der Waals surface area contributed by atoms with E-state index in [1.165, 1.54) is 0 Å². The quantitative estimate of drug-likeness (QED) is 0.879. The average Bonchev–Trinajstić information content (AvgIpc) is 2.54. The van der Waals surface area contributed by atoms with Gasteiger partial charge in [0.1, 0.15) is 5.58 Å². The zero-order chi connectivity index (χ0) is 16.4. The van der Waals surface area contributed by atoms with E-state index in [4.69, 9.17) is 9.15 Å². The number of hydrogen-bond acceptors (Lipinski definition) is 5. The molecule has 0 atom stereocenters. The van der Waals surface area contributed by atoms with Crippen LogP contribution in [0.1, 0.15) is 23.6 Å². The van der Waals surface area contributed by atoms with Crippen molar-refractivity contribution in [2.24, 2.45) is 0 Å². The molecule has 0 saturated carbocycles. The number of ether oxygens (including phenoxy) is 1. The van der Waals surface area contributed by atoms with E-state index in [-0.39, 0.29) is 5.63 Å². The molecule has 0 amide bonds. The molecule has 0 radical (unpaired) electrons. The Morgan fingerprint density at radius 2 is 1.96 bits per heavy atom. The molecule has 3 rings (SSSR count). The van der Waals surface area contributed by atoms with Gasteiger partial charge in [0.2, 0.25) is 0 Å². The van der Waals surface area contributed by atoms with Crippen LogP contribution in [0.2, 0.25) is 0 Å². The lowest BCUT2D eigenvalue weighted by molar-refractivity contribution is 0.0337. The summed E-state index contributed by atoms with van der Waals surface area (Å²) in [4.78, 5) is 14.7. The van der Waals surface area contributed by atoms with Crippen molar-refractivity contribution < 1.29 is 9.15 Å². The number of fused-ring (bicyclic) bond motifs is 1. The zero-order valence-corrected chi connectivity index (χ0v) is 14.1. The number of morpholine rings is 1. The fourth-order valence-electron chi connectivity index (χ4n) is 3.09. The Hall–Kier alpha value is -1.85. The molecule has 0 unspecified atom stereocenters. The molecule has 1 aromatic heterocycles. The maximum atomic E-state index is 12.4. The van der Waals surface area contributed by atoms with Gasteiger partial charge in [-0.1, -0.05) is 0 Å². The minimum absolute atomic E-state index is 0.229. The van der Waals surface area contributed by atoms with Gasteiger partial charge in [-0.3, -0.25) is 4.90 Å². The molecule has 1 aliphatic heterocycles. The summed E-state index contributed by atoms with van der Waals surface area (Å²) in [5.41, 5.74) is 4.38. The van der Waals surface area contributed by atoms with Crippen molar-refractivity contribution in [3.63, 3.8) is 0 Å². The molecule has 1 N–H and O–H groups in total. The third kappa shape index (κ3) is 3.26. The van der Waals surface area contributed by atoms with Crippen molar-refractivity contribution in [1.29, 1.82) is 0 Å². The predicted molar refractivity (Wildman–Crippen MR) is 92.2 cm³/mol. The number of aryl methyl sites for hydroxylation is 2. The van der Waals surface area contributed by atoms with Crippen molar-refractivity contribution >= 4 is 16.7 Å². The largest absolute Gasteiger partial charge is 0.422 e. The summed E-state index contributed by atoms with van der Waals surface area (Å²) in [6.45, 7) is 10.8. The van der Waals surface area contributed by atoms with Gasteiger partial charge in [-0.05, 0) is 38.0 Å². The second-order valence-electron chi connectivity index (χ2n) is 6.08. The number of nitrogens with zero attached hydrogens (tertiary/aromatic N) is 1. The molecule has 124 valence electrons. The Labute approximate surface area is 136 Å². The number of nitrogens with one attached hydrogen (secondary N) is 1. The van der Waals surface area contributed by atoms with Crippen LogP contribution >= 0.6 is 0 Å². The smallest absolute Gasteiger partial charge is 0.341 e. The first-order valence-electron chi connectivity index (χ1n) is 8.21. The first-order valence-corrected chi connectivity index (χ1v) is 8.21. The Balaban J connectivity index is 2.02. The highest BCUT2D eigenvalue weighted by atomic mass is 16.5. The summed E-state index contributed by atoms with van der Waals surface area (Å²) in [6, 6.07) is 4.04. The van der Waals surface area contributed by atoms with Gasteiger partial charge in [0.05, 0.1) is 18.8 Å². The lowest BCUT2D eigenvalue weighted by atomic mass is 10.0. The molecule has 5 heteroatoms. The molecule has 1 aromatic carbocycles. The monoisotopic (exact) mass is 316 g/mol. The van der Waals surface area contributed by atoms with Crippen molar-refractivity contribution in [3.05, 3.63) is 39.2 Å². The zero-order valence-electron chi connectivity index (χ0n) is 14.1. The van der Waals surface area contributed by atoms with Gasteiger partial charge < -0.3 is 14.5 Å². The van der Waals surface area contributed by atoms with Crippen LogP contribution in [0.5, 0.6) is 0 Å². The Bertz CT molecular complexity index is 761. The molecule has 2 aromatic rings. The van der Waals surface area contributed by atoms with Crippen LogP contribution in [0.25, 0.3) is 11.0 Å². The van der Waals surface area contributed by atoms with E-state index >= 15 is 0 Å². The molecule has 0 spiro atoms. The number of anilines is 1. The predicted octanol–water partition coefficient (Wildman–Crippen LogP) is 2.67. The van der Waals surface area contributed by atoms with E-state index in [0.717, 1.165) is 60.6 Å². The van der Waals surface area contributed by atoms with Crippen LogP contribution in [0.4, 0.5) is 5.69 Å². The molecule has 2 heterocycles. The normalized spacial score (nSPS) is 16.0. The van der Waals surface area contributed by atoms with Crippen LogP contribution in [0.15, 0.2) is 21.3 Å². The van der Waals surface area contributed by atoms with Crippen LogP contribution in [0, 0.1) is 13.8 Å². The van der Waals surface area contributed by atoms with E-state index in [0.29, 0.717) is 12.1 Å². The Morgan fingerprint density at radius 3 is 2.65 bits per heavy atom. The first kappa shape index (κ1) is 16.0. The van der Waals surface area contributed by atoms with E-state index in [1.54, 1.807) is 0 Å². The number of benzene rings is 1. The van der Waals surface area contributed by atoms with Gasteiger partial charge in [-0.15, -0.1) is 0 Å². The van der Waals surface area contributed by atoms with Crippen molar-refractivity contribution in [2.75, 3.05) is 38.2 Å². The summed E-state index contributed by atoms with van der Waals surface area (Å²) >= 11 is 0. The molecule has 1 aliphatic rings. The highest BCUT2D eigenvalue weighted by Gasteiger charge is 2.17. The van der Waals surface area contributed by atoms with Crippen LogP contribution in [-0.2, 0) is 11.3 Å². The number of rotatable bonds is 4. The SMILES string of the molecule is CCNc1cc2oc(=O)c(CN3CCOCC3)c(C)c2cc1C. The summed E-state index contributed by atoms with van der Waals surface area (Å²) in [5, 5.41) is 4.32. The second-order valence-corrected chi connectivity index (χ2v) is 6.08. The highest BCUT2D eigenvalue weighted by Crippen LogP contribution is 2.26. The Morgan fingerprint density at radius 1 is 1.22 bits per heavy atom. The van der Waals surface area contributed by atoms with Gasteiger partial charge in [0.15, 0.2) is 0 Å². The van der Waals surface area contributed by atoms with Gasteiger partial charge in [0.25, 0.3) is 0 Å². The van der Waals surface area contributed by atoms with Crippen LogP contribution in [0.3, 0.4) is 0 Å². The third-order valence-corrected chi connectivity index (χ3v) is 4.48. The van der Waals surface area contributed by atoms with E-state index in [2.05, 4.69) is 30.1 Å². The maximum Gasteiger partial charge on any atom is 0.341 e. The third-order valence-electron chi connectivity index (χ3n) is 4.48. The first-order chi connectivity index (χ1) is 11.1. The molecule has 5 nitrogen and oxygen atoms in total. The van der Waals surface area contributed by atoms with E-state index in [9.17, 15) is 4.79 Å². The molecular weight excluding hydrogens is 292 g/mol. The lowest BCUT2D eigenvalue weighted by Crippen LogP contribution is -2.37. The highest BCUT2D eigenvalue weighted by molar-refractivity contribution is 5.85. The van der Waals surface area contributed by atoms with Gasteiger partial charge >= 0.3 is 5.63 Å². The molecule has 0 bridgehead atoms. The van der Waals surface area contributed by atoms with Crippen LogP contribution < -0.4 is 10.9 Å². The fourth-order valence-corrected chi connectivity index (χ4v) is 3.09. The Kier molecular flexibility index (Phi) is 4.68. The van der Waals surface area contributed by atoms with Gasteiger partial charge in [-0.25, -0.2) is 4.79 Å². The maximum absolute atomic E-state index is 12.4. The minimum atomic E-state index is -0.229. The summed E-state index contributed by atoms with van der Waals surface area (Å²) in [6.07, 6.45) is 0. The molecule has 1 saturated heterocycles. The van der Waals surface area contributed by atoms with Crippen molar-refractivity contribution in [2.45, 2.75) is 27.3 Å². The van der Waals surface area contributed by atoms with Crippen molar-refractivity contribution in [1.82, 2.24) is 4.90 Å². The average molecular weight is 316 g/mol. The second kappa shape index (κ2) is 6.72. The molecule has 23 heavy (non-hydrogen) atoms. The molecule has 0 aliphatic carbocycles.